The molecule has 1 saturated carbocycles. The van der Waals surface area contributed by atoms with Crippen molar-refractivity contribution >= 4 is 0 Å². The van der Waals surface area contributed by atoms with Gasteiger partial charge in [0.1, 0.15) is 12.4 Å². The van der Waals surface area contributed by atoms with Crippen LogP contribution in [0, 0.1) is 5.92 Å². The van der Waals surface area contributed by atoms with Gasteiger partial charge < -0.3 is 9.47 Å². The van der Waals surface area contributed by atoms with E-state index < -0.39 is 0 Å². The molecule has 2 nitrogen and oxygen atoms in total. The lowest BCUT2D eigenvalue weighted by molar-refractivity contribution is -0.244. The van der Waals surface area contributed by atoms with Gasteiger partial charge in [0.25, 0.3) is 0 Å². The second-order valence-electron chi connectivity index (χ2n) is 4.83. The Balaban J connectivity index is 1.98. The summed E-state index contributed by atoms with van der Waals surface area (Å²) in [5.74, 6) is 0.539. The Morgan fingerprint density at radius 2 is 2.00 bits per heavy atom. The summed E-state index contributed by atoms with van der Waals surface area (Å²) in [7, 11) is 0. The smallest absolute Gasteiger partial charge is 0.147 e. The molecule has 2 fully saturated rings. The van der Waals surface area contributed by atoms with E-state index in [1.165, 1.54) is 24.8 Å². The molecule has 2 heteroatoms. The predicted octanol–water partition coefficient (Wildman–Crippen LogP) is 3.08. The SMILES string of the molecule is c1ccc(C23CCCCC2COCO3)cc1. The highest BCUT2D eigenvalue weighted by atomic mass is 16.7. The molecular formula is C14H18O2. The molecule has 16 heavy (non-hydrogen) atoms. The summed E-state index contributed by atoms with van der Waals surface area (Å²) in [6.07, 6.45) is 4.96. The van der Waals surface area contributed by atoms with Crippen molar-refractivity contribution in [3.63, 3.8) is 0 Å². The van der Waals surface area contributed by atoms with Crippen LogP contribution in [0.4, 0.5) is 0 Å². The van der Waals surface area contributed by atoms with Gasteiger partial charge in [-0.15, -0.1) is 0 Å². The number of hydrogen-bond acceptors (Lipinski definition) is 2. The monoisotopic (exact) mass is 218 g/mol. The molecule has 1 saturated heterocycles. The van der Waals surface area contributed by atoms with Crippen LogP contribution in [0.25, 0.3) is 0 Å². The summed E-state index contributed by atoms with van der Waals surface area (Å²) >= 11 is 0. The molecule has 0 radical (unpaired) electrons. The molecule has 86 valence electrons. The van der Waals surface area contributed by atoms with Gasteiger partial charge in [0.05, 0.1) is 6.61 Å². The standard InChI is InChI=1S/C14H18O2/c1-2-6-12(7-3-1)14-9-5-4-8-13(14)10-15-11-16-14/h1-3,6-7,13H,4-5,8-11H2. The fraction of sp³-hybridized carbons (Fsp3) is 0.571. The highest BCUT2D eigenvalue weighted by Gasteiger charge is 2.45. The molecule has 0 amide bonds. The zero-order chi connectivity index (χ0) is 10.8. The second kappa shape index (κ2) is 4.19. The Labute approximate surface area is 96.6 Å². The highest BCUT2D eigenvalue weighted by Crippen LogP contribution is 2.46. The molecule has 2 unspecified atom stereocenters. The van der Waals surface area contributed by atoms with Crippen molar-refractivity contribution in [1.29, 1.82) is 0 Å². The number of hydrogen-bond donors (Lipinski definition) is 0. The summed E-state index contributed by atoms with van der Waals surface area (Å²) in [6.45, 7) is 1.31. The number of benzene rings is 1. The molecule has 2 aliphatic rings. The number of fused-ring (bicyclic) bond motifs is 1. The molecular weight excluding hydrogens is 200 g/mol. The largest absolute Gasteiger partial charge is 0.355 e. The van der Waals surface area contributed by atoms with E-state index in [0.717, 1.165) is 13.0 Å². The Bertz CT molecular complexity index is 335. The Morgan fingerprint density at radius 1 is 1.12 bits per heavy atom. The van der Waals surface area contributed by atoms with Gasteiger partial charge >= 0.3 is 0 Å². The van der Waals surface area contributed by atoms with E-state index in [0.29, 0.717) is 12.7 Å². The van der Waals surface area contributed by atoms with E-state index in [1.807, 2.05) is 0 Å². The van der Waals surface area contributed by atoms with Crippen LogP contribution in [0.2, 0.25) is 0 Å². The summed E-state index contributed by atoms with van der Waals surface area (Å²) < 4.78 is 11.5. The average molecular weight is 218 g/mol. The lowest BCUT2D eigenvalue weighted by Gasteiger charge is -2.47. The van der Waals surface area contributed by atoms with Gasteiger partial charge in [0, 0.05) is 5.92 Å². The lowest BCUT2D eigenvalue weighted by atomic mass is 9.71. The molecule has 1 aromatic rings. The minimum absolute atomic E-state index is 0.0578. The fourth-order valence-corrected chi connectivity index (χ4v) is 3.14. The predicted molar refractivity (Wildman–Crippen MR) is 62.0 cm³/mol. The van der Waals surface area contributed by atoms with Crippen molar-refractivity contribution in [3.8, 4) is 0 Å². The van der Waals surface area contributed by atoms with Crippen molar-refractivity contribution in [2.24, 2.45) is 5.92 Å². The first-order valence-electron chi connectivity index (χ1n) is 6.19. The highest BCUT2D eigenvalue weighted by molar-refractivity contribution is 5.24. The van der Waals surface area contributed by atoms with E-state index in [4.69, 9.17) is 9.47 Å². The van der Waals surface area contributed by atoms with Crippen molar-refractivity contribution in [2.45, 2.75) is 31.3 Å². The topological polar surface area (TPSA) is 18.5 Å². The van der Waals surface area contributed by atoms with Crippen LogP contribution in [0.15, 0.2) is 30.3 Å². The number of rotatable bonds is 1. The molecule has 0 spiro atoms. The zero-order valence-corrected chi connectivity index (χ0v) is 9.52. The van der Waals surface area contributed by atoms with Gasteiger partial charge in [-0.1, -0.05) is 43.2 Å². The van der Waals surface area contributed by atoms with Crippen LogP contribution < -0.4 is 0 Å². The van der Waals surface area contributed by atoms with E-state index in [-0.39, 0.29) is 5.60 Å². The average Bonchev–Trinajstić information content (AvgIpc) is 2.40. The van der Waals surface area contributed by atoms with Crippen LogP contribution in [-0.4, -0.2) is 13.4 Å². The normalized spacial score (nSPS) is 34.4. The van der Waals surface area contributed by atoms with E-state index in [1.54, 1.807) is 0 Å². The van der Waals surface area contributed by atoms with Crippen molar-refractivity contribution < 1.29 is 9.47 Å². The molecule has 3 rings (SSSR count). The fourth-order valence-electron chi connectivity index (χ4n) is 3.14. The molecule has 0 N–H and O–H groups in total. The number of ether oxygens (including phenoxy) is 2. The molecule has 2 atom stereocenters. The summed E-state index contributed by atoms with van der Waals surface area (Å²) in [5, 5.41) is 0. The lowest BCUT2D eigenvalue weighted by Crippen LogP contribution is -2.47. The zero-order valence-electron chi connectivity index (χ0n) is 9.52. The van der Waals surface area contributed by atoms with Crippen molar-refractivity contribution in [1.82, 2.24) is 0 Å². The Hall–Kier alpha value is -0.860. The molecule has 0 bridgehead atoms. The molecule has 1 aliphatic heterocycles. The van der Waals surface area contributed by atoms with Gasteiger partial charge in [-0.2, -0.15) is 0 Å². The minimum atomic E-state index is -0.0578. The van der Waals surface area contributed by atoms with Crippen molar-refractivity contribution in [3.05, 3.63) is 35.9 Å². The summed E-state index contributed by atoms with van der Waals surface area (Å²) in [5.41, 5.74) is 1.28. The third kappa shape index (κ3) is 1.57. The minimum Gasteiger partial charge on any atom is -0.355 e. The van der Waals surface area contributed by atoms with E-state index in [2.05, 4.69) is 30.3 Å². The maximum absolute atomic E-state index is 6.03. The Kier molecular flexibility index (Phi) is 2.70. The van der Waals surface area contributed by atoms with Crippen LogP contribution in [0.3, 0.4) is 0 Å². The van der Waals surface area contributed by atoms with Crippen LogP contribution in [-0.2, 0) is 15.1 Å². The van der Waals surface area contributed by atoms with E-state index in [9.17, 15) is 0 Å². The first-order chi connectivity index (χ1) is 7.92. The molecule has 0 aromatic heterocycles. The van der Waals surface area contributed by atoms with Crippen LogP contribution >= 0.6 is 0 Å². The third-order valence-corrected chi connectivity index (χ3v) is 3.99. The van der Waals surface area contributed by atoms with Gasteiger partial charge in [-0.05, 0) is 18.4 Å². The van der Waals surface area contributed by atoms with Gasteiger partial charge in [0.15, 0.2) is 0 Å². The second-order valence-corrected chi connectivity index (χ2v) is 4.83. The van der Waals surface area contributed by atoms with Crippen LogP contribution in [0.5, 0.6) is 0 Å². The Morgan fingerprint density at radius 3 is 2.88 bits per heavy atom. The first-order valence-corrected chi connectivity index (χ1v) is 6.19. The van der Waals surface area contributed by atoms with Crippen molar-refractivity contribution in [2.75, 3.05) is 13.4 Å². The molecule has 1 aliphatic carbocycles. The quantitative estimate of drug-likeness (QED) is 0.721. The van der Waals surface area contributed by atoms with Gasteiger partial charge in [-0.3, -0.25) is 0 Å². The molecule has 1 aromatic carbocycles. The summed E-state index contributed by atoms with van der Waals surface area (Å²) in [6, 6.07) is 10.7. The van der Waals surface area contributed by atoms with Gasteiger partial charge in [0.2, 0.25) is 0 Å². The van der Waals surface area contributed by atoms with Gasteiger partial charge in [-0.25, -0.2) is 0 Å². The summed E-state index contributed by atoms with van der Waals surface area (Å²) in [4.78, 5) is 0. The van der Waals surface area contributed by atoms with Crippen LogP contribution in [0.1, 0.15) is 31.2 Å². The molecule has 1 heterocycles. The maximum Gasteiger partial charge on any atom is 0.147 e. The maximum atomic E-state index is 6.03. The van der Waals surface area contributed by atoms with E-state index >= 15 is 0 Å². The first kappa shape index (κ1) is 10.3. The third-order valence-electron chi connectivity index (χ3n) is 3.99.